The molecule has 0 fully saturated rings. The van der Waals surface area contributed by atoms with Crippen molar-refractivity contribution in [1.29, 1.82) is 0 Å². The Labute approximate surface area is 128 Å². The van der Waals surface area contributed by atoms with E-state index in [4.69, 9.17) is 4.74 Å². The predicted octanol–water partition coefficient (Wildman–Crippen LogP) is 3.17. The summed E-state index contributed by atoms with van der Waals surface area (Å²) in [4.78, 5) is 12.2. The molecule has 0 aliphatic carbocycles. The van der Waals surface area contributed by atoms with Crippen LogP contribution in [-0.2, 0) is 6.54 Å². The second-order valence-electron chi connectivity index (χ2n) is 4.14. The van der Waals surface area contributed by atoms with Gasteiger partial charge in [-0.15, -0.1) is 0 Å². The molecule has 0 saturated carbocycles. The number of rotatable bonds is 5. The van der Waals surface area contributed by atoms with Crippen LogP contribution in [0.2, 0.25) is 0 Å². The Bertz CT molecular complexity index is 646. The van der Waals surface area contributed by atoms with E-state index in [9.17, 15) is 13.6 Å². The smallest absolute Gasteiger partial charge is 0.257 e. The lowest BCUT2D eigenvalue weighted by Crippen LogP contribution is -2.12. The molecule has 0 aliphatic heterocycles. The molecule has 1 aromatic carbocycles. The van der Waals surface area contributed by atoms with Crippen molar-refractivity contribution in [3.05, 3.63) is 40.6 Å². The Kier molecular flexibility index (Phi) is 4.89. The number of nitrogens with zero attached hydrogens (tertiary/aromatic N) is 2. The maximum absolute atomic E-state index is 12.2. The summed E-state index contributed by atoms with van der Waals surface area (Å²) in [5.41, 5.74) is 0.714. The highest BCUT2D eigenvalue weighted by Crippen LogP contribution is 2.23. The van der Waals surface area contributed by atoms with Gasteiger partial charge in [0.05, 0.1) is 24.6 Å². The molecule has 2 rings (SSSR count). The molecule has 1 aromatic heterocycles. The Morgan fingerprint density at radius 1 is 1.52 bits per heavy atom. The van der Waals surface area contributed by atoms with E-state index in [0.717, 1.165) is 4.68 Å². The molecular weight excluding hydrogens is 348 g/mol. The summed E-state index contributed by atoms with van der Waals surface area (Å²) >= 11 is 3.28. The highest BCUT2D eigenvalue weighted by Gasteiger charge is 2.13. The Hall–Kier alpha value is -1.96. The average molecular weight is 360 g/mol. The van der Waals surface area contributed by atoms with Crippen LogP contribution in [0.25, 0.3) is 0 Å². The molecule has 5 nitrogen and oxygen atoms in total. The summed E-state index contributed by atoms with van der Waals surface area (Å²) in [6.07, 6.45) is 0.160. The molecule has 112 valence electrons. The highest BCUT2D eigenvalue weighted by molar-refractivity contribution is 9.10. The lowest BCUT2D eigenvalue weighted by molar-refractivity contribution is 0.102. The van der Waals surface area contributed by atoms with Crippen LogP contribution in [0.3, 0.4) is 0 Å². The van der Waals surface area contributed by atoms with Gasteiger partial charge in [0, 0.05) is 10.7 Å². The molecule has 21 heavy (non-hydrogen) atoms. The molecule has 2 aromatic rings. The van der Waals surface area contributed by atoms with Crippen LogP contribution in [0.15, 0.2) is 35.1 Å². The molecule has 0 radical (unpaired) electrons. The first-order valence-electron chi connectivity index (χ1n) is 5.95. The monoisotopic (exact) mass is 359 g/mol. The number of aromatic nitrogens is 2. The summed E-state index contributed by atoms with van der Waals surface area (Å²) in [5, 5.41) is 6.34. The summed E-state index contributed by atoms with van der Waals surface area (Å²) in [6, 6.07) is 4.97. The lowest BCUT2D eigenvalue weighted by Gasteiger charge is -2.07. The van der Waals surface area contributed by atoms with E-state index in [-0.39, 0.29) is 0 Å². The molecule has 1 N–H and O–H groups in total. The van der Waals surface area contributed by atoms with Gasteiger partial charge in [-0.3, -0.25) is 9.48 Å². The quantitative estimate of drug-likeness (QED) is 0.891. The molecule has 0 bridgehead atoms. The normalized spacial score (nSPS) is 10.7. The van der Waals surface area contributed by atoms with Crippen LogP contribution in [0.5, 0.6) is 5.75 Å². The standard InChI is InChI=1S/C13H12BrF2N3O2/c1-21-9-2-3-11(14)10(4-9)13(20)18-8-5-17-19(6-8)7-12(15)16/h2-6,12H,7H2,1H3,(H,18,20). The third-order valence-corrected chi connectivity index (χ3v) is 3.33. The Morgan fingerprint density at radius 2 is 2.29 bits per heavy atom. The predicted molar refractivity (Wildman–Crippen MR) is 76.9 cm³/mol. The van der Waals surface area contributed by atoms with Crippen molar-refractivity contribution in [2.45, 2.75) is 13.0 Å². The maximum Gasteiger partial charge on any atom is 0.257 e. The third-order valence-electron chi connectivity index (χ3n) is 2.63. The zero-order valence-corrected chi connectivity index (χ0v) is 12.6. The number of ether oxygens (including phenoxy) is 1. The maximum atomic E-state index is 12.2. The fraction of sp³-hybridized carbons (Fsp3) is 0.231. The Morgan fingerprint density at radius 3 is 2.95 bits per heavy atom. The third kappa shape index (κ3) is 4.01. The number of nitrogens with one attached hydrogen (secondary N) is 1. The van der Waals surface area contributed by atoms with Gasteiger partial charge < -0.3 is 10.1 Å². The van der Waals surface area contributed by atoms with Gasteiger partial charge in [0.2, 0.25) is 0 Å². The van der Waals surface area contributed by atoms with E-state index in [1.165, 1.54) is 19.5 Å². The second-order valence-corrected chi connectivity index (χ2v) is 5.00. The largest absolute Gasteiger partial charge is 0.497 e. The van der Waals surface area contributed by atoms with Gasteiger partial charge in [-0.05, 0) is 34.1 Å². The highest BCUT2D eigenvalue weighted by atomic mass is 79.9. The van der Waals surface area contributed by atoms with Crippen LogP contribution in [0.4, 0.5) is 14.5 Å². The molecule has 0 unspecified atom stereocenters. The number of halogens is 3. The van der Waals surface area contributed by atoms with Gasteiger partial charge in [0.1, 0.15) is 12.3 Å². The first-order valence-corrected chi connectivity index (χ1v) is 6.74. The number of amides is 1. The van der Waals surface area contributed by atoms with Crippen molar-refractivity contribution in [3.8, 4) is 5.75 Å². The van der Waals surface area contributed by atoms with Crippen LogP contribution in [0, 0.1) is 0 Å². The van der Waals surface area contributed by atoms with Gasteiger partial charge in [-0.1, -0.05) is 0 Å². The van der Waals surface area contributed by atoms with E-state index in [1.807, 2.05) is 0 Å². The average Bonchev–Trinajstić information content (AvgIpc) is 2.85. The van der Waals surface area contributed by atoms with Gasteiger partial charge >= 0.3 is 0 Å². The fourth-order valence-corrected chi connectivity index (χ4v) is 2.10. The first-order chi connectivity index (χ1) is 9.99. The molecule has 0 atom stereocenters. The van der Waals surface area contributed by atoms with E-state index in [2.05, 4.69) is 26.3 Å². The minimum absolute atomic E-state index is 0.343. The SMILES string of the molecule is COc1ccc(Br)c(C(=O)Nc2cnn(CC(F)F)c2)c1. The second kappa shape index (κ2) is 6.66. The van der Waals surface area contributed by atoms with Crippen LogP contribution in [-0.4, -0.2) is 29.2 Å². The number of carbonyl (C=O) groups is 1. The zero-order valence-electron chi connectivity index (χ0n) is 11.0. The fourth-order valence-electron chi connectivity index (χ4n) is 1.67. The van der Waals surface area contributed by atoms with E-state index in [1.54, 1.807) is 18.2 Å². The minimum atomic E-state index is -2.50. The zero-order chi connectivity index (χ0) is 15.4. The van der Waals surface area contributed by atoms with Gasteiger partial charge in [-0.2, -0.15) is 5.10 Å². The minimum Gasteiger partial charge on any atom is -0.497 e. The summed E-state index contributed by atoms with van der Waals surface area (Å²) in [5.74, 6) is 0.147. The van der Waals surface area contributed by atoms with Crippen molar-refractivity contribution in [2.75, 3.05) is 12.4 Å². The van der Waals surface area contributed by atoms with E-state index in [0.29, 0.717) is 21.5 Å². The van der Waals surface area contributed by atoms with Crippen molar-refractivity contribution in [2.24, 2.45) is 0 Å². The summed E-state index contributed by atoms with van der Waals surface area (Å²) in [6.45, 7) is -0.515. The number of hydrogen-bond acceptors (Lipinski definition) is 3. The Balaban J connectivity index is 2.12. The molecule has 8 heteroatoms. The van der Waals surface area contributed by atoms with E-state index >= 15 is 0 Å². The molecular formula is C13H12BrF2N3O2. The van der Waals surface area contributed by atoms with Crippen molar-refractivity contribution in [1.82, 2.24) is 9.78 Å². The lowest BCUT2D eigenvalue weighted by atomic mass is 10.2. The molecule has 0 saturated heterocycles. The van der Waals surface area contributed by atoms with E-state index < -0.39 is 18.9 Å². The van der Waals surface area contributed by atoms with Crippen molar-refractivity contribution >= 4 is 27.5 Å². The number of methoxy groups -OCH3 is 1. The van der Waals surface area contributed by atoms with Gasteiger partial charge in [0.25, 0.3) is 12.3 Å². The summed E-state index contributed by atoms with van der Waals surface area (Å²) in [7, 11) is 1.50. The van der Waals surface area contributed by atoms with Gasteiger partial charge in [-0.25, -0.2) is 8.78 Å². The number of carbonyl (C=O) groups excluding carboxylic acids is 1. The molecule has 1 heterocycles. The first kappa shape index (κ1) is 15.4. The van der Waals surface area contributed by atoms with Crippen LogP contribution < -0.4 is 10.1 Å². The number of alkyl halides is 2. The topological polar surface area (TPSA) is 56.1 Å². The summed E-state index contributed by atoms with van der Waals surface area (Å²) < 4.78 is 31.2. The van der Waals surface area contributed by atoms with Gasteiger partial charge in [0.15, 0.2) is 0 Å². The van der Waals surface area contributed by atoms with Crippen LogP contribution in [0.1, 0.15) is 10.4 Å². The van der Waals surface area contributed by atoms with Crippen molar-refractivity contribution in [3.63, 3.8) is 0 Å². The number of anilines is 1. The number of hydrogen-bond donors (Lipinski definition) is 1. The number of benzene rings is 1. The van der Waals surface area contributed by atoms with Crippen LogP contribution >= 0.6 is 15.9 Å². The molecule has 1 amide bonds. The molecule has 0 spiro atoms. The van der Waals surface area contributed by atoms with Crippen molar-refractivity contribution < 1.29 is 18.3 Å². The molecule has 0 aliphatic rings.